The number of imidazole rings is 1. The van der Waals surface area contributed by atoms with Crippen molar-refractivity contribution < 1.29 is 23.0 Å². The Hall–Kier alpha value is -4.22. The molecule has 4 heterocycles. The molecule has 0 radical (unpaired) electrons. The van der Waals surface area contributed by atoms with E-state index in [1.54, 1.807) is 36.0 Å². The van der Waals surface area contributed by atoms with Crippen LogP contribution >= 0.6 is 0 Å². The van der Waals surface area contributed by atoms with E-state index < -0.39 is 17.6 Å². The number of fused-ring (bicyclic) bond motifs is 3. The number of aryl methyl sites for hydroxylation is 1. The van der Waals surface area contributed by atoms with E-state index in [4.69, 9.17) is 10.5 Å². The number of aromatic nitrogens is 4. The van der Waals surface area contributed by atoms with Crippen LogP contribution in [0.3, 0.4) is 0 Å². The molecule has 0 amide bonds. The molecule has 1 aliphatic rings. The van der Waals surface area contributed by atoms with Crippen molar-refractivity contribution in [3.05, 3.63) is 82.5 Å². The highest BCUT2D eigenvalue weighted by Crippen LogP contribution is 2.38. The van der Waals surface area contributed by atoms with Crippen molar-refractivity contribution in [1.29, 1.82) is 0 Å². The number of hydrogen-bond acceptors (Lipinski definition) is 6. The van der Waals surface area contributed by atoms with Gasteiger partial charge in [-0.15, -0.1) is 0 Å². The number of hydrogen-bond donors (Lipinski definition) is 2. The lowest BCUT2D eigenvalue weighted by Crippen LogP contribution is -2.47. The quantitative estimate of drug-likeness (QED) is 0.350. The van der Waals surface area contributed by atoms with Crippen LogP contribution in [0.2, 0.25) is 0 Å². The van der Waals surface area contributed by atoms with Crippen molar-refractivity contribution in [2.75, 3.05) is 25.6 Å². The molecule has 5 aromatic rings. The van der Waals surface area contributed by atoms with Gasteiger partial charge >= 0.3 is 11.9 Å². The minimum absolute atomic E-state index is 0.0448. The molecule has 0 saturated carbocycles. The second-order valence-corrected chi connectivity index (χ2v) is 9.85. The van der Waals surface area contributed by atoms with Gasteiger partial charge in [0, 0.05) is 36.2 Å². The first-order valence-electron chi connectivity index (χ1n) is 12.3. The zero-order valence-electron chi connectivity index (χ0n) is 20.9. The number of benzene rings is 2. The van der Waals surface area contributed by atoms with E-state index in [0.717, 1.165) is 11.6 Å². The van der Waals surface area contributed by atoms with Crippen LogP contribution in [0, 0.1) is 0 Å². The maximum absolute atomic E-state index is 13.5. The van der Waals surface area contributed by atoms with Crippen LogP contribution in [0.25, 0.3) is 38.8 Å². The van der Waals surface area contributed by atoms with Crippen LogP contribution in [-0.4, -0.2) is 44.0 Å². The van der Waals surface area contributed by atoms with Crippen LogP contribution in [0.4, 0.5) is 19.0 Å². The SMILES string of the molecule is Cn1c(=O)n(-c2ccc(C3(CCO)COC3)cc2)c2c3cc(-c4cnc(N)c(C(F)(F)F)c4)ccc3ncc21. The van der Waals surface area contributed by atoms with Gasteiger partial charge < -0.3 is 15.6 Å². The molecule has 39 heavy (non-hydrogen) atoms. The lowest BCUT2D eigenvalue weighted by Gasteiger charge is -2.41. The van der Waals surface area contributed by atoms with Gasteiger partial charge in [-0.05, 0) is 47.9 Å². The maximum atomic E-state index is 13.5. The van der Waals surface area contributed by atoms with E-state index >= 15 is 0 Å². The predicted molar refractivity (Wildman–Crippen MR) is 141 cm³/mol. The van der Waals surface area contributed by atoms with Gasteiger partial charge in [0.2, 0.25) is 0 Å². The summed E-state index contributed by atoms with van der Waals surface area (Å²) >= 11 is 0. The highest BCUT2D eigenvalue weighted by atomic mass is 19.4. The molecule has 11 heteroatoms. The van der Waals surface area contributed by atoms with Gasteiger partial charge in [0.15, 0.2) is 0 Å². The Bertz CT molecular complexity index is 1790. The summed E-state index contributed by atoms with van der Waals surface area (Å²) in [5, 5.41) is 10.1. The topological polar surface area (TPSA) is 108 Å². The molecule has 200 valence electrons. The third-order valence-electron chi connectivity index (χ3n) is 7.53. The first-order chi connectivity index (χ1) is 18.6. The van der Waals surface area contributed by atoms with Crippen LogP contribution in [0.5, 0.6) is 0 Å². The Morgan fingerprint density at radius 1 is 1.05 bits per heavy atom. The second-order valence-electron chi connectivity index (χ2n) is 9.85. The van der Waals surface area contributed by atoms with Gasteiger partial charge in [-0.2, -0.15) is 13.2 Å². The number of aliphatic hydroxyl groups is 1. The molecule has 0 bridgehead atoms. The molecule has 2 aromatic carbocycles. The van der Waals surface area contributed by atoms with Gasteiger partial charge in [0.05, 0.1) is 47.2 Å². The summed E-state index contributed by atoms with van der Waals surface area (Å²) in [7, 11) is 1.65. The van der Waals surface area contributed by atoms with Gasteiger partial charge in [-0.3, -0.25) is 14.1 Å². The van der Waals surface area contributed by atoms with Crippen LogP contribution in [-0.2, 0) is 23.4 Å². The molecule has 0 aliphatic carbocycles. The fourth-order valence-electron chi connectivity index (χ4n) is 5.26. The van der Waals surface area contributed by atoms with Crippen molar-refractivity contribution >= 4 is 27.8 Å². The highest BCUT2D eigenvalue weighted by Gasteiger charge is 2.39. The molecule has 1 saturated heterocycles. The van der Waals surface area contributed by atoms with E-state index in [2.05, 4.69) is 9.97 Å². The first kappa shape index (κ1) is 25.1. The van der Waals surface area contributed by atoms with Crippen molar-refractivity contribution in [2.24, 2.45) is 7.05 Å². The van der Waals surface area contributed by atoms with Gasteiger partial charge in [-0.1, -0.05) is 18.2 Å². The summed E-state index contributed by atoms with van der Waals surface area (Å²) in [5.74, 6) is -0.592. The number of halogens is 3. The van der Waals surface area contributed by atoms with Crippen LogP contribution in [0.1, 0.15) is 17.5 Å². The lowest BCUT2D eigenvalue weighted by molar-refractivity contribution is -0.137. The Kier molecular flexibility index (Phi) is 5.74. The molecule has 0 unspecified atom stereocenters. The summed E-state index contributed by atoms with van der Waals surface area (Å²) in [4.78, 5) is 21.7. The second kappa shape index (κ2) is 8.92. The number of nitrogens with two attached hydrogens (primary N) is 1. The molecule has 1 aliphatic heterocycles. The summed E-state index contributed by atoms with van der Waals surface area (Å²) in [6.07, 6.45) is -1.16. The molecule has 0 atom stereocenters. The summed E-state index contributed by atoms with van der Waals surface area (Å²) in [5.41, 5.74) is 8.03. The summed E-state index contributed by atoms with van der Waals surface area (Å²) < 4.78 is 48.9. The Morgan fingerprint density at radius 2 is 1.79 bits per heavy atom. The number of aliphatic hydroxyl groups excluding tert-OH is 1. The van der Waals surface area contributed by atoms with Crippen molar-refractivity contribution in [1.82, 2.24) is 19.1 Å². The average molecular weight is 536 g/mol. The van der Waals surface area contributed by atoms with Crippen LogP contribution in [0.15, 0.2) is 65.7 Å². The minimum atomic E-state index is -4.65. The summed E-state index contributed by atoms with van der Waals surface area (Å²) in [6, 6.07) is 13.6. The summed E-state index contributed by atoms with van der Waals surface area (Å²) in [6.45, 7) is 1.09. The number of nitrogens with zero attached hydrogens (tertiary/aromatic N) is 4. The fourth-order valence-corrected chi connectivity index (χ4v) is 5.26. The fraction of sp³-hybridized carbons (Fsp3) is 0.250. The normalized spacial score (nSPS) is 15.1. The first-order valence-corrected chi connectivity index (χ1v) is 12.3. The van der Waals surface area contributed by atoms with E-state index in [9.17, 15) is 23.1 Å². The number of alkyl halides is 3. The standard InChI is InChI=1S/C28H24F3N5O3/c1-35-23-13-33-22-7-2-16(17-11-21(28(29,30)31)25(32)34-12-17)10-20(22)24(23)36(26(35)38)19-5-3-18(4-6-19)27(8-9-37)14-39-15-27/h2-7,10-13,37H,8-9,14-15H2,1H3,(H2,32,34). The van der Waals surface area contributed by atoms with E-state index in [-0.39, 0.29) is 23.3 Å². The molecular formula is C28H24F3N5O3. The van der Waals surface area contributed by atoms with Crippen molar-refractivity contribution in [3.8, 4) is 16.8 Å². The van der Waals surface area contributed by atoms with Gasteiger partial charge in [0.1, 0.15) is 5.82 Å². The molecule has 3 aromatic heterocycles. The minimum Gasteiger partial charge on any atom is -0.396 e. The average Bonchev–Trinajstić information content (AvgIpc) is 3.16. The van der Waals surface area contributed by atoms with E-state index in [1.807, 2.05) is 24.3 Å². The Balaban J connectivity index is 1.53. The van der Waals surface area contributed by atoms with Crippen LogP contribution < -0.4 is 11.4 Å². The zero-order chi connectivity index (χ0) is 27.5. The maximum Gasteiger partial charge on any atom is 0.419 e. The zero-order valence-corrected chi connectivity index (χ0v) is 20.9. The van der Waals surface area contributed by atoms with Gasteiger partial charge in [0.25, 0.3) is 0 Å². The third kappa shape index (κ3) is 3.96. The Morgan fingerprint density at radius 3 is 2.44 bits per heavy atom. The molecule has 3 N–H and O–H groups in total. The van der Waals surface area contributed by atoms with E-state index in [1.165, 1.54) is 10.8 Å². The highest BCUT2D eigenvalue weighted by molar-refractivity contribution is 6.04. The van der Waals surface area contributed by atoms with Crippen molar-refractivity contribution in [3.63, 3.8) is 0 Å². The Labute approximate surface area is 220 Å². The molecule has 6 rings (SSSR count). The molecule has 8 nitrogen and oxygen atoms in total. The number of nitrogen functional groups attached to an aromatic ring is 1. The number of rotatable bonds is 5. The monoisotopic (exact) mass is 535 g/mol. The number of ether oxygens (including phenoxy) is 1. The molecule has 0 spiro atoms. The van der Waals surface area contributed by atoms with E-state index in [0.29, 0.717) is 52.8 Å². The largest absolute Gasteiger partial charge is 0.419 e. The molecule has 1 fully saturated rings. The van der Waals surface area contributed by atoms with Crippen molar-refractivity contribution in [2.45, 2.75) is 18.0 Å². The lowest BCUT2D eigenvalue weighted by atomic mass is 9.76. The molecular weight excluding hydrogens is 511 g/mol. The smallest absolute Gasteiger partial charge is 0.396 e. The van der Waals surface area contributed by atoms with Gasteiger partial charge in [-0.25, -0.2) is 9.78 Å². The number of anilines is 1. The number of pyridine rings is 2. The third-order valence-corrected chi connectivity index (χ3v) is 7.53. The predicted octanol–water partition coefficient (Wildman–Crippen LogP) is 4.19.